The fourth-order valence-corrected chi connectivity index (χ4v) is 2.40. The van der Waals surface area contributed by atoms with Crippen LogP contribution in [0, 0.1) is 5.41 Å². The number of ether oxygens (including phenoxy) is 1. The molecule has 0 saturated carbocycles. The van der Waals surface area contributed by atoms with Gasteiger partial charge in [-0.2, -0.15) is 0 Å². The lowest BCUT2D eigenvalue weighted by Gasteiger charge is -2.24. The van der Waals surface area contributed by atoms with Crippen LogP contribution >= 0.6 is 0 Å². The Balaban J connectivity index is 2.00. The Morgan fingerprint density at radius 3 is 2.54 bits per heavy atom. The van der Waals surface area contributed by atoms with E-state index in [9.17, 15) is 9.59 Å². The van der Waals surface area contributed by atoms with Gasteiger partial charge in [0.2, 0.25) is 11.7 Å². The summed E-state index contributed by atoms with van der Waals surface area (Å²) in [6, 6.07) is 10.5. The normalized spacial score (nSPS) is 11.1. The van der Waals surface area contributed by atoms with Crippen LogP contribution in [-0.4, -0.2) is 24.1 Å². The number of hydrogen-bond acceptors (Lipinski definition) is 4. The topological polar surface area (TPSA) is 88.8 Å². The van der Waals surface area contributed by atoms with Crippen LogP contribution in [0.25, 0.3) is 0 Å². The van der Waals surface area contributed by atoms with Gasteiger partial charge in [0, 0.05) is 5.41 Å². The van der Waals surface area contributed by atoms with Crippen molar-refractivity contribution in [1.82, 2.24) is 5.32 Å². The van der Waals surface area contributed by atoms with E-state index in [1.165, 1.54) is 12.1 Å². The Bertz CT molecular complexity index is 733. The van der Waals surface area contributed by atoms with Crippen molar-refractivity contribution in [3.63, 3.8) is 0 Å². The Morgan fingerprint density at radius 1 is 1.21 bits per heavy atom. The molecule has 0 aliphatic carbocycles. The van der Waals surface area contributed by atoms with Gasteiger partial charge in [-0.1, -0.05) is 32.0 Å². The zero-order chi connectivity index (χ0) is 17.7. The monoisotopic (exact) mass is 331 g/mol. The number of amides is 1. The van der Waals surface area contributed by atoms with Crippen LogP contribution in [0.4, 0.5) is 0 Å². The number of nitrogens with one attached hydrogen (secondary N) is 1. The molecule has 0 aliphatic rings. The van der Waals surface area contributed by atoms with Gasteiger partial charge in [0.25, 0.3) is 0 Å². The number of para-hydroxylation sites is 1. The summed E-state index contributed by atoms with van der Waals surface area (Å²) < 4.78 is 10.5. The lowest BCUT2D eigenvalue weighted by atomic mass is 9.84. The Labute approximate surface area is 140 Å². The molecule has 24 heavy (non-hydrogen) atoms. The maximum absolute atomic E-state index is 12.5. The fraction of sp³-hybridized carbons (Fsp3) is 0.333. The zero-order valence-corrected chi connectivity index (χ0v) is 14.0. The summed E-state index contributed by atoms with van der Waals surface area (Å²) in [7, 11) is 1.60. The highest BCUT2D eigenvalue weighted by molar-refractivity contribution is 5.84. The Kier molecular flexibility index (Phi) is 5.28. The van der Waals surface area contributed by atoms with E-state index in [1.807, 2.05) is 38.1 Å². The molecule has 2 aromatic rings. The SMILES string of the molecule is COc1ccccc1CC(C)(C)C(=O)NCc1ccc(C(=O)O)o1. The van der Waals surface area contributed by atoms with Gasteiger partial charge in [-0.3, -0.25) is 4.79 Å². The van der Waals surface area contributed by atoms with E-state index in [2.05, 4.69) is 5.32 Å². The van der Waals surface area contributed by atoms with E-state index in [0.717, 1.165) is 11.3 Å². The van der Waals surface area contributed by atoms with Gasteiger partial charge in [-0.05, 0) is 30.2 Å². The molecule has 0 aliphatic heterocycles. The average molecular weight is 331 g/mol. The lowest BCUT2D eigenvalue weighted by molar-refractivity contribution is -0.129. The molecule has 1 aromatic carbocycles. The highest BCUT2D eigenvalue weighted by Crippen LogP contribution is 2.28. The molecular formula is C18H21NO5. The van der Waals surface area contributed by atoms with Crippen molar-refractivity contribution in [2.75, 3.05) is 7.11 Å². The number of hydrogen-bond donors (Lipinski definition) is 2. The number of furan rings is 1. The summed E-state index contributed by atoms with van der Waals surface area (Å²) in [4.78, 5) is 23.3. The van der Waals surface area contributed by atoms with Crippen LogP contribution < -0.4 is 10.1 Å². The summed E-state index contributed by atoms with van der Waals surface area (Å²) in [5, 5.41) is 11.6. The van der Waals surface area contributed by atoms with Crippen LogP contribution in [0.3, 0.4) is 0 Å². The van der Waals surface area contributed by atoms with Crippen LogP contribution in [0.2, 0.25) is 0 Å². The predicted octanol–water partition coefficient (Wildman–Crippen LogP) is 2.87. The molecule has 2 N–H and O–H groups in total. The third-order valence-electron chi connectivity index (χ3n) is 3.74. The quantitative estimate of drug-likeness (QED) is 0.814. The fourth-order valence-electron chi connectivity index (χ4n) is 2.40. The van der Waals surface area contributed by atoms with E-state index in [4.69, 9.17) is 14.3 Å². The molecule has 0 unspecified atom stereocenters. The van der Waals surface area contributed by atoms with E-state index in [-0.39, 0.29) is 18.2 Å². The van der Waals surface area contributed by atoms with Crippen molar-refractivity contribution >= 4 is 11.9 Å². The minimum atomic E-state index is -1.14. The molecule has 0 bridgehead atoms. The largest absolute Gasteiger partial charge is 0.496 e. The van der Waals surface area contributed by atoms with Gasteiger partial charge >= 0.3 is 5.97 Å². The van der Waals surface area contributed by atoms with E-state index < -0.39 is 11.4 Å². The number of methoxy groups -OCH3 is 1. The second kappa shape index (κ2) is 7.21. The Morgan fingerprint density at radius 2 is 1.92 bits per heavy atom. The smallest absolute Gasteiger partial charge is 0.371 e. The van der Waals surface area contributed by atoms with Gasteiger partial charge in [0.1, 0.15) is 11.5 Å². The van der Waals surface area contributed by atoms with Gasteiger partial charge in [0.15, 0.2) is 0 Å². The number of aromatic carboxylic acids is 1. The molecule has 0 fully saturated rings. The van der Waals surface area contributed by atoms with Crippen molar-refractivity contribution in [3.05, 3.63) is 53.5 Å². The van der Waals surface area contributed by atoms with Crippen LogP contribution in [0.5, 0.6) is 5.75 Å². The number of carboxylic acid groups (broad SMARTS) is 1. The second-order valence-electron chi connectivity index (χ2n) is 6.13. The minimum Gasteiger partial charge on any atom is -0.496 e. The third kappa shape index (κ3) is 4.16. The predicted molar refractivity (Wildman–Crippen MR) is 88.0 cm³/mol. The maximum Gasteiger partial charge on any atom is 0.371 e. The van der Waals surface area contributed by atoms with Gasteiger partial charge in [-0.15, -0.1) is 0 Å². The first-order chi connectivity index (χ1) is 11.3. The Hall–Kier alpha value is -2.76. The van der Waals surface area contributed by atoms with E-state index in [1.54, 1.807) is 7.11 Å². The molecule has 2 rings (SSSR count). The first kappa shape index (κ1) is 17.6. The van der Waals surface area contributed by atoms with Gasteiger partial charge in [0.05, 0.1) is 13.7 Å². The third-order valence-corrected chi connectivity index (χ3v) is 3.74. The zero-order valence-electron chi connectivity index (χ0n) is 14.0. The van der Waals surface area contributed by atoms with Crippen molar-refractivity contribution in [2.24, 2.45) is 5.41 Å². The molecule has 6 heteroatoms. The summed E-state index contributed by atoms with van der Waals surface area (Å²) >= 11 is 0. The van der Waals surface area contributed by atoms with E-state index in [0.29, 0.717) is 12.2 Å². The van der Waals surface area contributed by atoms with Gasteiger partial charge < -0.3 is 19.6 Å². The summed E-state index contributed by atoms with van der Waals surface area (Å²) in [5.74, 6) is -0.289. The molecule has 6 nitrogen and oxygen atoms in total. The number of benzene rings is 1. The molecule has 0 saturated heterocycles. The first-order valence-electron chi connectivity index (χ1n) is 7.55. The highest BCUT2D eigenvalue weighted by atomic mass is 16.5. The summed E-state index contributed by atoms with van der Waals surface area (Å²) in [5.41, 5.74) is 0.294. The second-order valence-corrected chi connectivity index (χ2v) is 6.13. The van der Waals surface area contributed by atoms with E-state index >= 15 is 0 Å². The lowest BCUT2D eigenvalue weighted by Crippen LogP contribution is -2.38. The molecule has 1 amide bonds. The van der Waals surface area contributed by atoms with Gasteiger partial charge in [-0.25, -0.2) is 4.79 Å². The molecule has 0 radical (unpaired) electrons. The van der Waals surface area contributed by atoms with Crippen molar-refractivity contribution in [2.45, 2.75) is 26.8 Å². The number of carboxylic acids is 1. The highest BCUT2D eigenvalue weighted by Gasteiger charge is 2.29. The molecule has 1 heterocycles. The first-order valence-corrected chi connectivity index (χ1v) is 7.55. The van der Waals surface area contributed by atoms with Crippen molar-refractivity contribution < 1.29 is 23.8 Å². The summed E-state index contributed by atoms with van der Waals surface area (Å²) in [6.07, 6.45) is 0.515. The van der Waals surface area contributed by atoms with Crippen molar-refractivity contribution in [1.29, 1.82) is 0 Å². The standard InChI is InChI=1S/C18H21NO5/c1-18(2,10-12-6-4-5-7-14(12)23-3)17(22)19-11-13-8-9-15(24-13)16(20)21/h4-9H,10-11H2,1-3H3,(H,19,22)(H,20,21). The molecule has 128 valence electrons. The average Bonchev–Trinajstić information content (AvgIpc) is 3.02. The van der Waals surface area contributed by atoms with Crippen LogP contribution in [0.15, 0.2) is 40.8 Å². The number of carbonyl (C=O) groups is 2. The van der Waals surface area contributed by atoms with Crippen LogP contribution in [-0.2, 0) is 17.8 Å². The maximum atomic E-state index is 12.5. The number of rotatable bonds is 7. The van der Waals surface area contributed by atoms with Crippen LogP contribution in [0.1, 0.15) is 35.7 Å². The molecule has 0 spiro atoms. The van der Waals surface area contributed by atoms with Crippen molar-refractivity contribution in [3.8, 4) is 5.75 Å². The number of carbonyl (C=O) groups excluding carboxylic acids is 1. The molecule has 1 aromatic heterocycles. The minimum absolute atomic E-state index is 0.140. The summed E-state index contributed by atoms with van der Waals surface area (Å²) in [6.45, 7) is 3.83. The molecule has 0 atom stereocenters. The molecular weight excluding hydrogens is 310 g/mol.